The number of methoxy groups -OCH3 is 1. The summed E-state index contributed by atoms with van der Waals surface area (Å²) in [6.07, 6.45) is 2.27. The lowest BCUT2D eigenvalue weighted by atomic mass is 9.51. The van der Waals surface area contributed by atoms with Gasteiger partial charge in [-0.1, -0.05) is 55.1 Å². The van der Waals surface area contributed by atoms with Crippen molar-refractivity contribution in [2.24, 2.45) is 29.1 Å². The van der Waals surface area contributed by atoms with Gasteiger partial charge in [0.25, 0.3) is 0 Å². The molecule has 3 aromatic carbocycles. The number of rotatable bonds is 4. The number of aromatic hydroxyl groups is 1. The summed E-state index contributed by atoms with van der Waals surface area (Å²) in [6.45, 7) is 1.69. The Morgan fingerprint density at radius 1 is 0.913 bits per heavy atom. The topological polar surface area (TPSA) is 104 Å². The number of carbonyl (C=O) groups excluding carboxylic acids is 4. The Morgan fingerprint density at radius 2 is 1.61 bits per heavy atom. The molecule has 0 spiro atoms. The third-order valence-electron chi connectivity index (χ3n) is 10.1. The maximum atomic E-state index is 14.6. The van der Waals surface area contributed by atoms with Crippen molar-refractivity contribution in [1.29, 1.82) is 0 Å². The number of phenolic OH excluding ortho intramolecular Hbond substituents is 1. The monoisotopic (exact) mass is 770 g/mol. The number of imide groups is 2. The zero-order chi connectivity index (χ0) is 32.8. The molecule has 0 aromatic heterocycles. The Balaban J connectivity index is 1.40. The largest absolute Gasteiger partial charge is 0.504 e. The van der Waals surface area contributed by atoms with Gasteiger partial charge in [0.15, 0.2) is 11.5 Å². The standard InChI is InChI=1S/C34H26Br2ClFN2O6/c1-34-23(31(43)40(33(34)45)18-7-10-25(38)24(37)13-18)14-21-19(28(34)22-11-16(36)12-26(46-2)29(22)41)8-9-20-27(21)32(44)39(30(20)42)17-5-3-15(35)4-6-17/h3-8,10-13,20-21,23,27-28,41H,9,14H2,1-2H3/t20-,21+,23-,27-,28+,34+/m0/s1. The number of fused-ring (bicyclic) bond motifs is 4. The van der Waals surface area contributed by atoms with E-state index in [-0.39, 0.29) is 46.9 Å². The van der Waals surface area contributed by atoms with Crippen LogP contribution in [0.3, 0.4) is 0 Å². The van der Waals surface area contributed by atoms with Crippen LogP contribution < -0.4 is 14.5 Å². The number of carbonyl (C=O) groups is 4. The van der Waals surface area contributed by atoms with Crippen molar-refractivity contribution in [3.8, 4) is 11.5 Å². The van der Waals surface area contributed by atoms with Crippen LogP contribution in [0.25, 0.3) is 0 Å². The van der Waals surface area contributed by atoms with Crippen molar-refractivity contribution in [3.63, 3.8) is 0 Å². The molecule has 1 N–H and O–H groups in total. The molecule has 7 rings (SSSR count). The van der Waals surface area contributed by atoms with Crippen molar-refractivity contribution in [2.75, 3.05) is 16.9 Å². The number of nitrogens with zero attached hydrogens (tertiary/aromatic N) is 2. The van der Waals surface area contributed by atoms with E-state index in [1.54, 1.807) is 43.3 Å². The lowest BCUT2D eigenvalue weighted by Crippen LogP contribution is -2.49. The molecular weight excluding hydrogens is 747 g/mol. The van der Waals surface area contributed by atoms with Gasteiger partial charge in [0.1, 0.15) is 5.82 Å². The molecule has 3 aromatic rings. The van der Waals surface area contributed by atoms with E-state index in [4.69, 9.17) is 16.3 Å². The molecule has 2 aliphatic heterocycles. The minimum Gasteiger partial charge on any atom is -0.504 e. The molecule has 2 aliphatic carbocycles. The van der Waals surface area contributed by atoms with E-state index in [0.717, 1.165) is 15.4 Å². The van der Waals surface area contributed by atoms with E-state index < -0.39 is 52.6 Å². The normalized spacial score (nSPS) is 28.7. The maximum Gasteiger partial charge on any atom is 0.241 e. The first-order valence-electron chi connectivity index (χ1n) is 14.6. The maximum absolute atomic E-state index is 14.6. The molecule has 3 fully saturated rings. The molecule has 1 saturated carbocycles. The van der Waals surface area contributed by atoms with Crippen molar-refractivity contribution < 1.29 is 33.4 Å². The molecule has 2 saturated heterocycles. The van der Waals surface area contributed by atoms with Crippen LogP contribution in [0.2, 0.25) is 5.02 Å². The van der Waals surface area contributed by atoms with Crippen molar-refractivity contribution in [2.45, 2.75) is 25.7 Å². The SMILES string of the molecule is COc1cc(Br)cc([C@H]2C3=CC[C@@H]4C(=O)N(c5ccc(Br)cc5)C(=O)[C@@H]4[C@@H]3C[C@H]3C(=O)N(c4ccc(F)c(Cl)c4)C(=O)[C@@]23C)c1O. The second-order valence-electron chi connectivity index (χ2n) is 12.3. The van der Waals surface area contributed by atoms with Crippen LogP contribution in [0.15, 0.2) is 75.2 Å². The molecule has 2 heterocycles. The highest BCUT2D eigenvalue weighted by Crippen LogP contribution is 2.65. The van der Waals surface area contributed by atoms with Crippen LogP contribution >= 0.6 is 43.5 Å². The highest BCUT2D eigenvalue weighted by atomic mass is 79.9. The van der Waals surface area contributed by atoms with Gasteiger partial charge in [0.2, 0.25) is 23.6 Å². The fourth-order valence-electron chi connectivity index (χ4n) is 8.04. The molecule has 236 valence electrons. The lowest BCUT2D eigenvalue weighted by Gasteiger charge is -2.49. The minimum absolute atomic E-state index is 0.120. The molecule has 12 heteroatoms. The summed E-state index contributed by atoms with van der Waals surface area (Å²) in [6, 6.07) is 13.8. The molecule has 0 unspecified atom stereocenters. The van der Waals surface area contributed by atoms with E-state index in [9.17, 15) is 28.7 Å². The molecule has 8 nitrogen and oxygen atoms in total. The summed E-state index contributed by atoms with van der Waals surface area (Å²) >= 11 is 13.0. The van der Waals surface area contributed by atoms with E-state index >= 15 is 0 Å². The summed E-state index contributed by atoms with van der Waals surface area (Å²) < 4.78 is 20.9. The van der Waals surface area contributed by atoms with E-state index in [2.05, 4.69) is 31.9 Å². The average molecular weight is 773 g/mol. The Kier molecular flexibility index (Phi) is 7.45. The molecule has 4 amide bonds. The Hall–Kier alpha value is -3.54. The van der Waals surface area contributed by atoms with Gasteiger partial charge < -0.3 is 9.84 Å². The molecule has 46 heavy (non-hydrogen) atoms. The number of anilines is 2. The third-order valence-corrected chi connectivity index (χ3v) is 11.4. The van der Waals surface area contributed by atoms with E-state index in [1.165, 1.54) is 24.1 Å². The van der Waals surface area contributed by atoms with Gasteiger partial charge in [-0.3, -0.25) is 24.1 Å². The van der Waals surface area contributed by atoms with E-state index in [1.807, 2.05) is 6.08 Å². The van der Waals surface area contributed by atoms with Gasteiger partial charge in [0.05, 0.1) is 46.7 Å². The smallest absolute Gasteiger partial charge is 0.241 e. The summed E-state index contributed by atoms with van der Waals surface area (Å²) in [5.74, 6) is -6.32. The number of amides is 4. The van der Waals surface area contributed by atoms with Crippen LogP contribution in [-0.4, -0.2) is 35.8 Å². The lowest BCUT2D eigenvalue weighted by molar-refractivity contribution is -0.131. The Bertz CT molecular complexity index is 1900. The molecule has 0 radical (unpaired) electrons. The molecule has 0 bridgehead atoms. The Labute approximate surface area is 285 Å². The highest BCUT2D eigenvalue weighted by Gasteiger charge is 2.68. The summed E-state index contributed by atoms with van der Waals surface area (Å²) in [5, 5.41) is 11.3. The van der Waals surface area contributed by atoms with Gasteiger partial charge in [-0.25, -0.2) is 9.29 Å². The number of hydrogen-bond acceptors (Lipinski definition) is 6. The first-order chi connectivity index (χ1) is 21.9. The number of allylic oxidation sites excluding steroid dienone is 2. The molecular formula is C34H26Br2ClFN2O6. The molecule has 4 aliphatic rings. The summed E-state index contributed by atoms with van der Waals surface area (Å²) in [5.41, 5.74) is 0.194. The zero-order valence-corrected chi connectivity index (χ0v) is 28.4. The first kappa shape index (κ1) is 31.1. The average Bonchev–Trinajstić information content (AvgIpc) is 3.39. The predicted molar refractivity (Wildman–Crippen MR) is 175 cm³/mol. The van der Waals surface area contributed by atoms with Crippen LogP contribution in [-0.2, 0) is 19.2 Å². The fraction of sp³-hybridized carbons (Fsp3) is 0.294. The van der Waals surface area contributed by atoms with Gasteiger partial charge >= 0.3 is 0 Å². The zero-order valence-electron chi connectivity index (χ0n) is 24.5. The Morgan fingerprint density at radius 3 is 2.28 bits per heavy atom. The van der Waals surface area contributed by atoms with Gasteiger partial charge in [-0.15, -0.1) is 0 Å². The van der Waals surface area contributed by atoms with Gasteiger partial charge in [-0.2, -0.15) is 0 Å². The number of ether oxygens (including phenoxy) is 1. The van der Waals surface area contributed by atoms with Crippen LogP contribution in [0.1, 0.15) is 31.2 Å². The second-order valence-corrected chi connectivity index (χ2v) is 14.5. The number of halogens is 4. The number of benzene rings is 3. The summed E-state index contributed by atoms with van der Waals surface area (Å²) in [4.78, 5) is 59.1. The highest BCUT2D eigenvalue weighted by molar-refractivity contribution is 9.10. The van der Waals surface area contributed by atoms with E-state index in [0.29, 0.717) is 21.3 Å². The fourth-order valence-corrected chi connectivity index (χ4v) is 8.94. The second kappa shape index (κ2) is 11.0. The minimum atomic E-state index is -1.42. The van der Waals surface area contributed by atoms with Crippen molar-refractivity contribution >= 4 is 78.5 Å². The summed E-state index contributed by atoms with van der Waals surface area (Å²) in [7, 11) is 1.41. The van der Waals surface area contributed by atoms with Crippen LogP contribution in [0.4, 0.5) is 15.8 Å². The quantitative estimate of drug-likeness (QED) is 0.223. The van der Waals surface area contributed by atoms with Gasteiger partial charge in [0, 0.05) is 20.4 Å². The van der Waals surface area contributed by atoms with Crippen molar-refractivity contribution in [1.82, 2.24) is 0 Å². The number of hydrogen-bond donors (Lipinski definition) is 1. The van der Waals surface area contributed by atoms with Crippen LogP contribution in [0, 0.1) is 34.9 Å². The van der Waals surface area contributed by atoms with Gasteiger partial charge in [-0.05, 0) is 80.3 Å². The van der Waals surface area contributed by atoms with Crippen molar-refractivity contribution in [3.05, 3.63) is 91.6 Å². The first-order valence-corrected chi connectivity index (χ1v) is 16.6. The number of phenols is 1. The van der Waals surface area contributed by atoms with Crippen LogP contribution in [0.5, 0.6) is 11.5 Å². The molecule has 6 atom stereocenters. The predicted octanol–water partition coefficient (Wildman–Crippen LogP) is 7.15. The third kappa shape index (κ3) is 4.34.